The normalized spacial score (nSPS) is 19.6. The Kier molecular flexibility index (Phi) is 8.47. The molecule has 0 bridgehead atoms. The molecule has 2 saturated heterocycles. The summed E-state index contributed by atoms with van der Waals surface area (Å²) in [6, 6.07) is 7.59. The molecule has 0 saturated carbocycles. The van der Waals surface area contributed by atoms with Crippen LogP contribution in [0.15, 0.2) is 35.2 Å². The molecule has 2 heterocycles. The Morgan fingerprint density at radius 2 is 1.58 bits per heavy atom. The summed E-state index contributed by atoms with van der Waals surface area (Å²) in [5.41, 5.74) is 0. The summed E-state index contributed by atoms with van der Waals surface area (Å²) < 4.78 is 32.0. The average molecular weight is 480 g/mol. The topological polar surface area (TPSA) is 113 Å². The molecule has 0 radical (unpaired) electrons. The van der Waals surface area contributed by atoms with E-state index < -0.39 is 16.1 Å². The van der Waals surface area contributed by atoms with Crippen LogP contribution in [0.3, 0.4) is 0 Å². The van der Waals surface area contributed by atoms with E-state index >= 15 is 0 Å². The van der Waals surface area contributed by atoms with Gasteiger partial charge in [-0.3, -0.25) is 14.4 Å². The lowest BCUT2D eigenvalue weighted by Gasteiger charge is -2.34. The SMILES string of the molecule is CCOC(=O)C1CCN(C(=O)[C@@H](C)NC(=O)C2CCN(S(=O)(=O)c3ccccc3)CC2)CC1. The molecule has 182 valence electrons. The highest BCUT2D eigenvalue weighted by Crippen LogP contribution is 2.24. The molecule has 1 aromatic carbocycles. The number of carbonyl (C=O) groups is 3. The lowest BCUT2D eigenvalue weighted by molar-refractivity contribution is -0.151. The lowest BCUT2D eigenvalue weighted by atomic mass is 9.96. The first-order chi connectivity index (χ1) is 15.7. The van der Waals surface area contributed by atoms with E-state index in [1.54, 1.807) is 49.1 Å². The van der Waals surface area contributed by atoms with Crippen LogP contribution in [-0.2, 0) is 29.1 Å². The van der Waals surface area contributed by atoms with Crippen molar-refractivity contribution in [3.05, 3.63) is 30.3 Å². The van der Waals surface area contributed by atoms with Crippen LogP contribution in [-0.4, -0.2) is 74.2 Å². The fourth-order valence-electron chi connectivity index (χ4n) is 4.36. The standard InChI is InChI=1S/C23H33N3O6S/c1-3-32-23(29)19-9-13-25(14-10-19)22(28)17(2)24-21(27)18-11-15-26(16-12-18)33(30,31)20-7-5-4-6-8-20/h4-8,17-19H,3,9-16H2,1-2H3,(H,24,27)/t17-/m1/s1. The molecule has 0 aliphatic carbocycles. The molecule has 2 amide bonds. The third-order valence-electron chi connectivity index (χ3n) is 6.36. The molecule has 9 nitrogen and oxygen atoms in total. The van der Waals surface area contributed by atoms with Crippen LogP contribution >= 0.6 is 0 Å². The van der Waals surface area contributed by atoms with Gasteiger partial charge >= 0.3 is 5.97 Å². The highest BCUT2D eigenvalue weighted by Gasteiger charge is 2.34. The van der Waals surface area contributed by atoms with Crippen molar-refractivity contribution >= 4 is 27.8 Å². The van der Waals surface area contributed by atoms with E-state index in [0.717, 1.165) is 0 Å². The summed E-state index contributed by atoms with van der Waals surface area (Å²) in [6.07, 6.45) is 1.92. The Labute approximate surface area is 195 Å². The highest BCUT2D eigenvalue weighted by atomic mass is 32.2. The monoisotopic (exact) mass is 479 g/mol. The Hall–Kier alpha value is -2.46. The van der Waals surface area contributed by atoms with Gasteiger partial charge in [-0.25, -0.2) is 8.42 Å². The van der Waals surface area contributed by atoms with E-state index in [2.05, 4.69) is 5.32 Å². The second kappa shape index (κ2) is 11.1. The van der Waals surface area contributed by atoms with Crippen molar-refractivity contribution in [3.63, 3.8) is 0 Å². The van der Waals surface area contributed by atoms with Crippen LogP contribution < -0.4 is 5.32 Å². The molecular weight excluding hydrogens is 446 g/mol. The van der Waals surface area contributed by atoms with Crippen molar-refractivity contribution in [1.82, 2.24) is 14.5 Å². The van der Waals surface area contributed by atoms with Gasteiger partial charge in [0.25, 0.3) is 0 Å². The largest absolute Gasteiger partial charge is 0.466 e. The molecule has 2 aliphatic rings. The summed E-state index contributed by atoms with van der Waals surface area (Å²) in [7, 11) is -3.57. The Balaban J connectivity index is 1.46. The minimum absolute atomic E-state index is 0.172. The predicted molar refractivity (Wildman–Crippen MR) is 121 cm³/mol. The summed E-state index contributed by atoms with van der Waals surface area (Å²) in [4.78, 5) is 39.3. The number of rotatable bonds is 7. The second-order valence-corrected chi connectivity index (χ2v) is 10.5. The summed E-state index contributed by atoms with van der Waals surface area (Å²) in [5.74, 6) is -1.14. The van der Waals surface area contributed by atoms with Gasteiger partial charge in [0.1, 0.15) is 6.04 Å². The Morgan fingerprint density at radius 3 is 2.15 bits per heavy atom. The number of ether oxygens (including phenoxy) is 1. The molecule has 33 heavy (non-hydrogen) atoms. The van der Waals surface area contributed by atoms with Crippen molar-refractivity contribution < 1.29 is 27.5 Å². The number of piperidine rings is 2. The van der Waals surface area contributed by atoms with Gasteiger partial charge in [0, 0.05) is 32.1 Å². The number of amides is 2. The average Bonchev–Trinajstić information content (AvgIpc) is 2.84. The molecule has 10 heteroatoms. The van der Waals surface area contributed by atoms with Crippen molar-refractivity contribution in [2.75, 3.05) is 32.8 Å². The van der Waals surface area contributed by atoms with Crippen molar-refractivity contribution in [1.29, 1.82) is 0 Å². The van der Waals surface area contributed by atoms with Crippen molar-refractivity contribution in [2.24, 2.45) is 11.8 Å². The molecular formula is C23H33N3O6S. The Morgan fingerprint density at radius 1 is 1.00 bits per heavy atom. The molecule has 2 aliphatic heterocycles. The summed E-state index contributed by atoms with van der Waals surface area (Å²) in [6.45, 7) is 5.21. The molecule has 0 spiro atoms. The van der Waals surface area contributed by atoms with E-state index in [-0.39, 0.29) is 47.6 Å². The first kappa shape index (κ1) is 25.2. The zero-order chi connectivity index (χ0) is 24.0. The zero-order valence-electron chi connectivity index (χ0n) is 19.2. The first-order valence-electron chi connectivity index (χ1n) is 11.5. The van der Waals surface area contributed by atoms with Crippen molar-refractivity contribution in [2.45, 2.75) is 50.5 Å². The first-order valence-corrected chi connectivity index (χ1v) is 13.0. The molecule has 1 atom stereocenters. The predicted octanol–water partition coefficient (Wildman–Crippen LogP) is 1.39. The molecule has 1 N–H and O–H groups in total. The zero-order valence-corrected chi connectivity index (χ0v) is 20.1. The number of nitrogens with one attached hydrogen (secondary N) is 1. The number of sulfonamides is 1. The second-order valence-electron chi connectivity index (χ2n) is 8.57. The molecule has 0 aromatic heterocycles. The number of benzene rings is 1. The van der Waals surface area contributed by atoms with Gasteiger partial charge in [0.05, 0.1) is 17.4 Å². The van der Waals surface area contributed by atoms with Gasteiger partial charge in [-0.1, -0.05) is 18.2 Å². The van der Waals surface area contributed by atoms with Crippen LogP contribution in [0.2, 0.25) is 0 Å². The minimum Gasteiger partial charge on any atom is -0.466 e. The van der Waals surface area contributed by atoms with Gasteiger partial charge in [-0.05, 0) is 51.7 Å². The number of hydrogen-bond acceptors (Lipinski definition) is 6. The van der Waals surface area contributed by atoms with Gasteiger partial charge in [0.2, 0.25) is 21.8 Å². The number of nitrogens with zero attached hydrogens (tertiary/aromatic N) is 2. The van der Waals surface area contributed by atoms with Crippen LogP contribution in [0.25, 0.3) is 0 Å². The van der Waals surface area contributed by atoms with Gasteiger partial charge in [-0.15, -0.1) is 0 Å². The van der Waals surface area contributed by atoms with E-state index in [9.17, 15) is 22.8 Å². The lowest BCUT2D eigenvalue weighted by Crippen LogP contribution is -2.52. The van der Waals surface area contributed by atoms with Gasteiger partial charge in [-0.2, -0.15) is 4.31 Å². The maximum Gasteiger partial charge on any atom is 0.309 e. The van der Waals surface area contributed by atoms with E-state index in [1.807, 2.05) is 0 Å². The number of carbonyl (C=O) groups excluding carboxylic acids is 3. The quantitative estimate of drug-likeness (QED) is 0.592. The van der Waals surface area contributed by atoms with Crippen LogP contribution in [0, 0.1) is 11.8 Å². The van der Waals surface area contributed by atoms with Crippen LogP contribution in [0.4, 0.5) is 0 Å². The van der Waals surface area contributed by atoms with Crippen LogP contribution in [0.1, 0.15) is 39.5 Å². The van der Waals surface area contributed by atoms with E-state index in [0.29, 0.717) is 45.4 Å². The smallest absolute Gasteiger partial charge is 0.309 e. The third-order valence-corrected chi connectivity index (χ3v) is 8.27. The molecule has 3 rings (SSSR count). The molecule has 1 aromatic rings. The Bertz CT molecular complexity index is 936. The third kappa shape index (κ3) is 6.11. The fraction of sp³-hybridized carbons (Fsp3) is 0.609. The number of likely N-dealkylation sites (tertiary alicyclic amines) is 1. The summed E-state index contributed by atoms with van der Waals surface area (Å²) >= 11 is 0. The van der Waals surface area contributed by atoms with Gasteiger partial charge < -0.3 is 15.0 Å². The fourth-order valence-corrected chi connectivity index (χ4v) is 5.85. The minimum atomic E-state index is -3.57. The maximum atomic E-state index is 12.8. The number of esters is 1. The molecule has 2 fully saturated rings. The van der Waals surface area contributed by atoms with Crippen LogP contribution in [0.5, 0.6) is 0 Å². The molecule has 0 unspecified atom stereocenters. The van der Waals surface area contributed by atoms with E-state index in [4.69, 9.17) is 4.74 Å². The van der Waals surface area contributed by atoms with Crippen molar-refractivity contribution in [3.8, 4) is 0 Å². The van der Waals surface area contributed by atoms with Gasteiger partial charge in [0.15, 0.2) is 0 Å². The maximum absolute atomic E-state index is 12.8. The summed E-state index contributed by atoms with van der Waals surface area (Å²) in [5, 5.41) is 2.80. The van der Waals surface area contributed by atoms with E-state index in [1.165, 1.54) is 4.31 Å². The highest BCUT2D eigenvalue weighted by molar-refractivity contribution is 7.89. The number of hydrogen-bond donors (Lipinski definition) is 1.